The Morgan fingerprint density at radius 2 is 1.86 bits per heavy atom. The van der Waals surface area contributed by atoms with Gasteiger partial charge in [0.1, 0.15) is 0 Å². The van der Waals surface area contributed by atoms with Gasteiger partial charge >= 0.3 is 0 Å². The van der Waals surface area contributed by atoms with Gasteiger partial charge in [-0.25, -0.2) is 4.98 Å². The molecule has 0 spiro atoms. The van der Waals surface area contributed by atoms with Crippen LogP contribution in [0.4, 0.5) is 0 Å². The van der Waals surface area contributed by atoms with Crippen molar-refractivity contribution in [3.8, 4) is 0 Å². The zero-order valence-corrected chi connectivity index (χ0v) is 9.23. The molecule has 2 aromatic heterocycles. The first-order chi connectivity index (χ1) is 6.61. The summed E-state index contributed by atoms with van der Waals surface area (Å²) in [4.78, 5) is 4.45. The third kappa shape index (κ3) is 1.24. The minimum atomic E-state index is 0.468. The Hall–Kier alpha value is -1.25. The maximum absolute atomic E-state index is 4.45. The van der Waals surface area contributed by atoms with Gasteiger partial charge in [0.2, 0.25) is 5.78 Å². The van der Waals surface area contributed by atoms with E-state index in [0.717, 1.165) is 5.78 Å². The van der Waals surface area contributed by atoms with Crippen LogP contribution in [0.15, 0.2) is 18.6 Å². The predicted octanol–water partition coefficient (Wildman–Crippen LogP) is 2.84. The van der Waals surface area contributed by atoms with Crippen LogP contribution in [0.25, 0.3) is 5.78 Å². The molecule has 2 heterocycles. The summed E-state index contributed by atoms with van der Waals surface area (Å²) in [5.74, 6) is 1.57. The zero-order valence-electron chi connectivity index (χ0n) is 9.23. The Morgan fingerprint density at radius 1 is 1.14 bits per heavy atom. The van der Waals surface area contributed by atoms with Gasteiger partial charge in [-0.15, -0.1) is 0 Å². The lowest BCUT2D eigenvalue weighted by atomic mass is 10.1. The van der Waals surface area contributed by atoms with Crippen LogP contribution in [0.5, 0.6) is 0 Å². The summed E-state index contributed by atoms with van der Waals surface area (Å²) in [7, 11) is 0. The van der Waals surface area contributed by atoms with Crippen molar-refractivity contribution in [2.45, 2.75) is 39.7 Å². The van der Waals surface area contributed by atoms with Gasteiger partial charge in [0.15, 0.2) is 0 Å². The number of fused-ring (bicyclic) bond motifs is 1. The zero-order chi connectivity index (χ0) is 10.3. The molecule has 0 atom stereocenters. The maximum atomic E-state index is 4.45. The lowest BCUT2D eigenvalue weighted by Crippen LogP contribution is -1.99. The number of hydrogen-bond donors (Lipinski definition) is 0. The molecular weight excluding hydrogens is 174 g/mol. The molecule has 3 heteroatoms. The van der Waals surface area contributed by atoms with E-state index in [1.807, 2.05) is 6.20 Å². The van der Waals surface area contributed by atoms with E-state index in [2.05, 4.69) is 54.0 Å². The van der Waals surface area contributed by atoms with Gasteiger partial charge in [0, 0.05) is 24.1 Å². The average molecular weight is 191 g/mol. The Bertz CT molecular complexity index is 392. The smallest absolute Gasteiger partial charge is 0.214 e. The molecule has 2 aromatic rings. The quantitative estimate of drug-likeness (QED) is 0.715. The summed E-state index contributed by atoms with van der Waals surface area (Å²) >= 11 is 0. The van der Waals surface area contributed by atoms with Crippen LogP contribution in [-0.4, -0.2) is 14.0 Å². The van der Waals surface area contributed by atoms with Gasteiger partial charge in [0.25, 0.3) is 0 Å². The minimum Gasteiger partial charge on any atom is -0.314 e. The molecule has 0 saturated carbocycles. The molecule has 14 heavy (non-hydrogen) atoms. The molecule has 0 saturated heterocycles. The van der Waals surface area contributed by atoms with Gasteiger partial charge in [-0.05, 0) is 19.8 Å². The highest BCUT2D eigenvalue weighted by Gasteiger charge is 2.11. The molecule has 0 aromatic carbocycles. The van der Waals surface area contributed by atoms with Crippen LogP contribution in [0.3, 0.4) is 0 Å². The van der Waals surface area contributed by atoms with Crippen molar-refractivity contribution in [1.29, 1.82) is 0 Å². The Balaban J connectivity index is 2.61. The normalized spacial score (nSPS) is 12.1. The summed E-state index contributed by atoms with van der Waals surface area (Å²) in [6.45, 7) is 8.72. The van der Waals surface area contributed by atoms with E-state index in [1.165, 1.54) is 5.69 Å². The fourth-order valence-corrected chi connectivity index (χ4v) is 1.74. The van der Waals surface area contributed by atoms with Gasteiger partial charge < -0.3 is 4.57 Å². The number of aromatic nitrogens is 3. The molecule has 0 aliphatic heterocycles. The molecule has 0 unspecified atom stereocenters. The van der Waals surface area contributed by atoms with E-state index in [9.17, 15) is 0 Å². The van der Waals surface area contributed by atoms with E-state index < -0.39 is 0 Å². The molecule has 0 bridgehead atoms. The van der Waals surface area contributed by atoms with Crippen molar-refractivity contribution in [2.75, 3.05) is 0 Å². The Morgan fingerprint density at radius 3 is 2.43 bits per heavy atom. The van der Waals surface area contributed by atoms with E-state index in [1.54, 1.807) is 0 Å². The average Bonchev–Trinajstić information content (AvgIpc) is 2.59. The monoisotopic (exact) mass is 191 g/mol. The first-order valence-corrected chi connectivity index (χ1v) is 5.15. The van der Waals surface area contributed by atoms with Crippen LogP contribution >= 0.6 is 0 Å². The van der Waals surface area contributed by atoms with Gasteiger partial charge in [-0.2, -0.15) is 0 Å². The fourth-order valence-electron chi connectivity index (χ4n) is 1.74. The SMILES string of the molecule is CC(C)c1cnc2n(C(C)C)ccn12. The lowest BCUT2D eigenvalue weighted by Gasteiger charge is -2.05. The van der Waals surface area contributed by atoms with E-state index in [-0.39, 0.29) is 0 Å². The molecule has 2 rings (SSSR count). The second-order valence-corrected chi connectivity index (χ2v) is 4.31. The molecule has 0 amide bonds. The highest BCUT2D eigenvalue weighted by Crippen LogP contribution is 2.18. The van der Waals surface area contributed by atoms with Crippen molar-refractivity contribution < 1.29 is 0 Å². The highest BCUT2D eigenvalue weighted by molar-refractivity contribution is 5.35. The van der Waals surface area contributed by atoms with Crippen LogP contribution < -0.4 is 0 Å². The van der Waals surface area contributed by atoms with E-state index >= 15 is 0 Å². The molecular formula is C11H17N3. The maximum Gasteiger partial charge on any atom is 0.214 e. The Kier molecular flexibility index (Phi) is 2.10. The Labute approximate surface area is 84.4 Å². The molecule has 0 radical (unpaired) electrons. The van der Waals surface area contributed by atoms with E-state index in [0.29, 0.717) is 12.0 Å². The standard InChI is InChI=1S/C11H17N3/c1-8(2)10-7-12-11-13(9(3)4)5-6-14(10)11/h5-9H,1-4H3. The van der Waals surface area contributed by atoms with Crippen molar-refractivity contribution in [3.05, 3.63) is 24.3 Å². The second kappa shape index (κ2) is 3.15. The van der Waals surface area contributed by atoms with Gasteiger partial charge in [0.05, 0.1) is 6.20 Å². The van der Waals surface area contributed by atoms with Crippen LogP contribution in [0.2, 0.25) is 0 Å². The van der Waals surface area contributed by atoms with E-state index in [4.69, 9.17) is 0 Å². The largest absolute Gasteiger partial charge is 0.314 e. The fraction of sp³-hybridized carbons (Fsp3) is 0.545. The van der Waals surface area contributed by atoms with Crippen molar-refractivity contribution in [2.24, 2.45) is 0 Å². The van der Waals surface area contributed by atoms with Gasteiger partial charge in [-0.1, -0.05) is 13.8 Å². The summed E-state index contributed by atoms with van der Waals surface area (Å²) in [5, 5.41) is 0. The molecule has 0 fully saturated rings. The molecule has 0 N–H and O–H groups in total. The van der Waals surface area contributed by atoms with Crippen LogP contribution in [0.1, 0.15) is 45.3 Å². The number of imidazole rings is 2. The number of hydrogen-bond acceptors (Lipinski definition) is 1. The summed E-state index contributed by atoms with van der Waals surface area (Å²) < 4.78 is 4.36. The van der Waals surface area contributed by atoms with Gasteiger partial charge in [-0.3, -0.25) is 4.40 Å². The van der Waals surface area contributed by atoms with Crippen LogP contribution in [0, 0.1) is 0 Å². The first-order valence-electron chi connectivity index (χ1n) is 5.15. The van der Waals surface area contributed by atoms with Crippen molar-refractivity contribution in [1.82, 2.24) is 14.0 Å². The topological polar surface area (TPSA) is 22.2 Å². The van der Waals surface area contributed by atoms with Crippen LogP contribution in [-0.2, 0) is 0 Å². The summed E-state index contributed by atoms with van der Waals surface area (Å²) in [6, 6.07) is 0.468. The third-order valence-corrected chi connectivity index (χ3v) is 2.56. The summed E-state index contributed by atoms with van der Waals surface area (Å²) in [6.07, 6.45) is 6.16. The third-order valence-electron chi connectivity index (χ3n) is 2.56. The molecule has 3 nitrogen and oxygen atoms in total. The number of rotatable bonds is 2. The molecule has 76 valence electrons. The first kappa shape index (κ1) is 9.31. The minimum absolute atomic E-state index is 0.468. The number of nitrogens with zero attached hydrogens (tertiary/aromatic N) is 3. The predicted molar refractivity (Wildman–Crippen MR) is 57.7 cm³/mol. The molecule has 0 aliphatic rings. The van der Waals surface area contributed by atoms with Crippen molar-refractivity contribution in [3.63, 3.8) is 0 Å². The highest BCUT2D eigenvalue weighted by atomic mass is 15.2. The van der Waals surface area contributed by atoms with Crippen molar-refractivity contribution >= 4 is 5.78 Å². The second-order valence-electron chi connectivity index (χ2n) is 4.31. The lowest BCUT2D eigenvalue weighted by molar-refractivity contribution is 0.614. The molecule has 0 aliphatic carbocycles. The summed E-state index contributed by atoms with van der Waals surface area (Å²) in [5.41, 5.74) is 1.28.